The molecule has 0 radical (unpaired) electrons. The van der Waals surface area contributed by atoms with E-state index in [-0.39, 0.29) is 12.0 Å². The van der Waals surface area contributed by atoms with Crippen LogP contribution in [0.4, 0.5) is 0 Å². The maximum absolute atomic E-state index is 9.93. The van der Waals surface area contributed by atoms with Crippen LogP contribution in [0.1, 0.15) is 18.1 Å². The molecule has 2 aromatic rings. The molecule has 0 saturated carbocycles. The van der Waals surface area contributed by atoms with Crippen molar-refractivity contribution in [3.8, 4) is 0 Å². The summed E-state index contributed by atoms with van der Waals surface area (Å²) in [5, 5.41) is 9.93. The molecule has 2 rings (SSSR count). The van der Waals surface area contributed by atoms with Crippen LogP contribution in [0.15, 0.2) is 60.7 Å². The van der Waals surface area contributed by atoms with Crippen molar-refractivity contribution < 1.29 is 5.11 Å². The van der Waals surface area contributed by atoms with Crippen molar-refractivity contribution >= 4 is 0 Å². The van der Waals surface area contributed by atoms with Gasteiger partial charge in [0.1, 0.15) is 0 Å². The Bertz CT molecular complexity index is 406. The Balaban J connectivity index is 2.05. The van der Waals surface area contributed by atoms with Gasteiger partial charge in [-0.25, -0.2) is 0 Å². The molecule has 0 bridgehead atoms. The van der Waals surface area contributed by atoms with Gasteiger partial charge in [-0.15, -0.1) is 0 Å². The van der Waals surface area contributed by atoms with Crippen molar-refractivity contribution in [2.75, 3.05) is 0 Å². The fourth-order valence-electron chi connectivity index (χ4n) is 2.25. The van der Waals surface area contributed by atoms with E-state index in [1.54, 1.807) is 0 Å². The van der Waals surface area contributed by atoms with Crippen LogP contribution >= 0.6 is 0 Å². The number of benzene rings is 2. The van der Waals surface area contributed by atoms with E-state index >= 15 is 0 Å². The largest absolute Gasteiger partial charge is 0.393 e. The Kier molecular flexibility index (Phi) is 4.54. The van der Waals surface area contributed by atoms with Crippen LogP contribution in [-0.2, 0) is 12.8 Å². The minimum Gasteiger partial charge on any atom is -0.393 e. The SMILES string of the molecule is C[C@@H](O)C(Cc1ccccc1)Cc1ccccc1. The van der Waals surface area contributed by atoms with Crippen LogP contribution in [0.3, 0.4) is 0 Å². The van der Waals surface area contributed by atoms with E-state index in [0.29, 0.717) is 0 Å². The molecule has 0 fully saturated rings. The van der Waals surface area contributed by atoms with Gasteiger partial charge >= 0.3 is 0 Å². The highest BCUT2D eigenvalue weighted by Crippen LogP contribution is 2.18. The Labute approximate surface area is 109 Å². The summed E-state index contributed by atoms with van der Waals surface area (Å²) in [6.45, 7) is 1.89. The Morgan fingerprint density at radius 3 is 1.50 bits per heavy atom. The number of aliphatic hydroxyl groups is 1. The topological polar surface area (TPSA) is 20.2 Å². The second-order valence-corrected chi connectivity index (χ2v) is 4.88. The van der Waals surface area contributed by atoms with Gasteiger partial charge in [0.2, 0.25) is 0 Å². The van der Waals surface area contributed by atoms with Gasteiger partial charge in [0.15, 0.2) is 0 Å². The zero-order chi connectivity index (χ0) is 12.8. The normalized spacial score (nSPS) is 12.6. The van der Waals surface area contributed by atoms with Gasteiger partial charge in [0, 0.05) is 0 Å². The van der Waals surface area contributed by atoms with Crippen LogP contribution in [-0.4, -0.2) is 11.2 Å². The first-order valence-electron chi connectivity index (χ1n) is 6.51. The quantitative estimate of drug-likeness (QED) is 0.848. The van der Waals surface area contributed by atoms with Crippen molar-refractivity contribution in [2.45, 2.75) is 25.9 Å². The molecule has 0 spiro atoms. The molecule has 0 aromatic heterocycles. The molecule has 0 amide bonds. The van der Waals surface area contributed by atoms with Gasteiger partial charge in [0.25, 0.3) is 0 Å². The fraction of sp³-hybridized carbons (Fsp3) is 0.294. The Morgan fingerprint density at radius 2 is 1.17 bits per heavy atom. The van der Waals surface area contributed by atoms with Gasteiger partial charge in [-0.1, -0.05) is 60.7 Å². The molecule has 0 unspecified atom stereocenters. The van der Waals surface area contributed by atoms with E-state index < -0.39 is 0 Å². The molecule has 1 nitrogen and oxygen atoms in total. The van der Waals surface area contributed by atoms with Crippen molar-refractivity contribution in [3.05, 3.63) is 71.8 Å². The average Bonchev–Trinajstić information content (AvgIpc) is 2.40. The zero-order valence-electron chi connectivity index (χ0n) is 10.8. The minimum absolute atomic E-state index is 0.273. The van der Waals surface area contributed by atoms with Crippen molar-refractivity contribution in [3.63, 3.8) is 0 Å². The van der Waals surface area contributed by atoms with E-state index in [1.807, 2.05) is 19.1 Å². The Morgan fingerprint density at radius 1 is 0.778 bits per heavy atom. The van der Waals surface area contributed by atoms with E-state index in [0.717, 1.165) is 12.8 Å². The van der Waals surface area contributed by atoms with E-state index in [4.69, 9.17) is 0 Å². The van der Waals surface area contributed by atoms with Gasteiger partial charge in [-0.05, 0) is 36.8 Å². The third-order valence-electron chi connectivity index (χ3n) is 3.36. The van der Waals surface area contributed by atoms with Gasteiger partial charge in [-0.3, -0.25) is 0 Å². The summed E-state index contributed by atoms with van der Waals surface area (Å²) < 4.78 is 0. The number of hydrogen-bond donors (Lipinski definition) is 1. The summed E-state index contributed by atoms with van der Waals surface area (Å²) in [7, 11) is 0. The molecular weight excluding hydrogens is 220 g/mol. The zero-order valence-corrected chi connectivity index (χ0v) is 10.8. The molecule has 2 aromatic carbocycles. The van der Waals surface area contributed by atoms with E-state index in [9.17, 15) is 5.11 Å². The molecule has 0 aliphatic heterocycles. The highest BCUT2D eigenvalue weighted by atomic mass is 16.3. The van der Waals surface area contributed by atoms with Gasteiger partial charge < -0.3 is 5.11 Å². The first-order chi connectivity index (χ1) is 8.75. The highest BCUT2D eigenvalue weighted by Gasteiger charge is 2.16. The first-order valence-corrected chi connectivity index (χ1v) is 6.51. The number of hydrogen-bond acceptors (Lipinski definition) is 1. The third kappa shape index (κ3) is 3.71. The van der Waals surface area contributed by atoms with Crippen molar-refractivity contribution in [2.24, 2.45) is 5.92 Å². The Hall–Kier alpha value is -1.60. The lowest BCUT2D eigenvalue weighted by Gasteiger charge is -2.20. The molecule has 18 heavy (non-hydrogen) atoms. The van der Waals surface area contributed by atoms with Crippen LogP contribution in [0.25, 0.3) is 0 Å². The second-order valence-electron chi connectivity index (χ2n) is 4.88. The summed E-state index contributed by atoms with van der Waals surface area (Å²) in [4.78, 5) is 0. The minimum atomic E-state index is -0.287. The predicted octanol–water partition coefficient (Wildman–Crippen LogP) is 3.47. The summed E-state index contributed by atoms with van der Waals surface area (Å²) in [6, 6.07) is 20.8. The van der Waals surface area contributed by atoms with Crippen LogP contribution in [0, 0.1) is 5.92 Å². The van der Waals surface area contributed by atoms with Crippen LogP contribution in [0.2, 0.25) is 0 Å². The smallest absolute Gasteiger partial charge is 0.0546 e. The number of aliphatic hydroxyl groups excluding tert-OH is 1. The van der Waals surface area contributed by atoms with Crippen molar-refractivity contribution in [1.82, 2.24) is 0 Å². The lowest BCUT2D eigenvalue weighted by molar-refractivity contribution is 0.125. The molecule has 94 valence electrons. The maximum atomic E-state index is 9.93. The van der Waals surface area contributed by atoms with Gasteiger partial charge in [-0.2, -0.15) is 0 Å². The highest BCUT2D eigenvalue weighted by molar-refractivity contribution is 5.18. The molecule has 0 aliphatic rings. The lowest BCUT2D eigenvalue weighted by Crippen LogP contribution is -2.21. The maximum Gasteiger partial charge on any atom is 0.0546 e. The molecule has 0 saturated heterocycles. The first kappa shape index (κ1) is 12.8. The van der Waals surface area contributed by atoms with Crippen molar-refractivity contribution in [1.29, 1.82) is 0 Å². The second kappa shape index (κ2) is 6.36. The third-order valence-corrected chi connectivity index (χ3v) is 3.36. The molecule has 0 aliphatic carbocycles. The molecule has 1 N–H and O–H groups in total. The molecule has 1 heteroatoms. The predicted molar refractivity (Wildman–Crippen MR) is 75.5 cm³/mol. The monoisotopic (exact) mass is 240 g/mol. The van der Waals surface area contributed by atoms with Crippen LogP contribution in [0.5, 0.6) is 0 Å². The standard InChI is InChI=1S/C17H20O/c1-14(18)17(12-15-8-4-2-5-9-15)13-16-10-6-3-7-11-16/h2-11,14,17-18H,12-13H2,1H3/t14-/m1/s1. The summed E-state index contributed by atoms with van der Waals surface area (Å²) in [6.07, 6.45) is 1.56. The van der Waals surface area contributed by atoms with Crippen LogP contribution < -0.4 is 0 Å². The van der Waals surface area contributed by atoms with E-state index in [2.05, 4.69) is 48.5 Å². The summed E-state index contributed by atoms with van der Waals surface area (Å²) in [5.74, 6) is 0.273. The number of rotatable bonds is 5. The summed E-state index contributed by atoms with van der Waals surface area (Å²) >= 11 is 0. The average molecular weight is 240 g/mol. The molecular formula is C17H20O. The molecule has 1 atom stereocenters. The summed E-state index contributed by atoms with van der Waals surface area (Å²) in [5.41, 5.74) is 2.58. The molecule has 0 heterocycles. The van der Waals surface area contributed by atoms with E-state index in [1.165, 1.54) is 11.1 Å². The fourth-order valence-corrected chi connectivity index (χ4v) is 2.25. The lowest BCUT2D eigenvalue weighted by atomic mass is 9.89. The van der Waals surface area contributed by atoms with Gasteiger partial charge in [0.05, 0.1) is 6.10 Å².